The molecule has 0 unspecified atom stereocenters. The summed E-state index contributed by atoms with van der Waals surface area (Å²) in [7, 11) is 0. The fraction of sp³-hybridized carbons (Fsp3) is 0. The minimum atomic E-state index is 0.305. The van der Waals surface area contributed by atoms with Crippen molar-refractivity contribution in [2.45, 2.75) is 0 Å². The molecule has 1 heterocycles. The average Bonchev–Trinajstić information content (AvgIpc) is 2.53. The quantitative estimate of drug-likeness (QED) is 0.819. The highest BCUT2D eigenvalue weighted by Crippen LogP contribution is 2.31. The lowest BCUT2D eigenvalue weighted by Gasteiger charge is -1.96. The van der Waals surface area contributed by atoms with Crippen LogP contribution >= 0.6 is 27.3 Å². The fourth-order valence-electron chi connectivity index (χ4n) is 1.10. The molecular weight excluding hydrogens is 248 g/mol. The second kappa shape index (κ2) is 3.52. The molecule has 3 heteroatoms. The van der Waals surface area contributed by atoms with Crippen LogP contribution in [0, 0.1) is 0 Å². The molecule has 0 atom stereocenters. The predicted molar refractivity (Wildman–Crippen MR) is 59.1 cm³/mol. The molecule has 1 aromatic carbocycles. The van der Waals surface area contributed by atoms with E-state index in [2.05, 4.69) is 22.0 Å². The highest BCUT2D eigenvalue weighted by atomic mass is 79.9. The molecule has 0 spiro atoms. The Labute approximate surface area is 88.8 Å². The maximum Gasteiger partial charge on any atom is 0.115 e. The molecule has 0 aliphatic rings. The molecule has 0 fully saturated rings. The van der Waals surface area contributed by atoms with Crippen LogP contribution in [0.4, 0.5) is 0 Å². The van der Waals surface area contributed by atoms with E-state index in [9.17, 15) is 0 Å². The van der Waals surface area contributed by atoms with E-state index in [0.29, 0.717) is 5.75 Å². The van der Waals surface area contributed by atoms with E-state index in [0.717, 1.165) is 9.35 Å². The minimum absolute atomic E-state index is 0.305. The molecule has 0 aliphatic carbocycles. The van der Waals surface area contributed by atoms with Gasteiger partial charge in [0.05, 0.1) is 3.79 Å². The first-order valence-corrected chi connectivity index (χ1v) is 5.41. The summed E-state index contributed by atoms with van der Waals surface area (Å²) in [6.45, 7) is 0. The van der Waals surface area contributed by atoms with Gasteiger partial charge in [0.15, 0.2) is 0 Å². The molecule has 66 valence electrons. The van der Waals surface area contributed by atoms with Gasteiger partial charge in [0, 0.05) is 4.88 Å². The number of halogens is 1. The van der Waals surface area contributed by atoms with Crippen LogP contribution in [-0.2, 0) is 0 Å². The summed E-state index contributed by atoms with van der Waals surface area (Å²) in [5, 5.41) is 9.10. The molecule has 2 rings (SSSR count). The number of benzene rings is 1. The van der Waals surface area contributed by atoms with Crippen LogP contribution in [0.2, 0.25) is 0 Å². The molecule has 1 nitrogen and oxygen atoms in total. The largest absolute Gasteiger partial charge is 0.508 e. The SMILES string of the molecule is Oc1ccc(-c2ccc(Br)s2)cc1. The van der Waals surface area contributed by atoms with Gasteiger partial charge in [-0.2, -0.15) is 0 Å². The van der Waals surface area contributed by atoms with Crippen molar-refractivity contribution in [1.82, 2.24) is 0 Å². The third kappa shape index (κ3) is 1.92. The number of hydrogen-bond acceptors (Lipinski definition) is 2. The van der Waals surface area contributed by atoms with E-state index in [1.807, 2.05) is 18.2 Å². The summed E-state index contributed by atoms with van der Waals surface area (Å²) in [4.78, 5) is 1.20. The molecule has 0 aliphatic heterocycles. The maximum absolute atomic E-state index is 9.10. The van der Waals surface area contributed by atoms with E-state index in [1.54, 1.807) is 23.5 Å². The van der Waals surface area contributed by atoms with Crippen LogP contribution in [0.3, 0.4) is 0 Å². The second-order valence-corrected chi connectivity index (χ2v) is 5.11. The average molecular weight is 255 g/mol. The molecule has 1 aromatic heterocycles. The third-order valence-corrected chi connectivity index (χ3v) is 3.40. The first kappa shape index (κ1) is 8.78. The van der Waals surface area contributed by atoms with Crippen molar-refractivity contribution in [2.24, 2.45) is 0 Å². The van der Waals surface area contributed by atoms with Crippen molar-refractivity contribution in [3.05, 3.63) is 40.2 Å². The second-order valence-electron chi connectivity index (χ2n) is 2.65. The number of phenolic OH excluding ortho intramolecular Hbond substituents is 1. The van der Waals surface area contributed by atoms with Crippen molar-refractivity contribution >= 4 is 27.3 Å². The molecule has 0 saturated carbocycles. The van der Waals surface area contributed by atoms with Gasteiger partial charge < -0.3 is 5.11 Å². The molecule has 0 amide bonds. The number of thiophene rings is 1. The number of hydrogen-bond donors (Lipinski definition) is 1. The van der Waals surface area contributed by atoms with Gasteiger partial charge in [-0.1, -0.05) is 0 Å². The first-order chi connectivity index (χ1) is 6.25. The van der Waals surface area contributed by atoms with Crippen molar-refractivity contribution in [3.63, 3.8) is 0 Å². The highest BCUT2D eigenvalue weighted by Gasteiger charge is 2.00. The summed E-state index contributed by atoms with van der Waals surface area (Å²) >= 11 is 5.09. The molecular formula is C10H7BrOS. The number of aromatic hydroxyl groups is 1. The lowest BCUT2D eigenvalue weighted by molar-refractivity contribution is 0.475. The van der Waals surface area contributed by atoms with Gasteiger partial charge in [0.1, 0.15) is 5.75 Å². The lowest BCUT2D eigenvalue weighted by Crippen LogP contribution is -1.69. The van der Waals surface area contributed by atoms with Gasteiger partial charge in [-0.05, 0) is 57.9 Å². The highest BCUT2D eigenvalue weighted by molar-refractivity contribution is 9.11. The van der Waals surface area contributed by atoms with E-state index >= 15 is 0 Å². The lowest BCUT2D eigenvalue weighted by atomic mass is 10.2. The normalized spacial score (nSPS) is 10.2. The molecule has 13 heavy (non-hydrogen) atoms. The van der Waals surface area contributed by atoms with Crippen LogP contribution in [-0.4, -0.2) is 5.11 Å². The Morgan fingerprint density at radius 2 is 1.69 bits per heavy atom. The Morgan fingerprint density at radius 1 is 1.00 bits per heavy atom. The third-order valence-electron chi connectivity index (χ3n) is 1.73. The van der Waals surface area contributed by atoms with E-state index in [1.165, 1.54) is 4.88 Å². The van der Waals surface area contributed by atoms with Crippen LogP contribution in [0.25, 0.3) is 10.4 Å². The summed E-state index contributed by atoms with van der Waals surface area (Å²) < 4.78 is 1.12. The summed E-state index contributed by atoms with van der Waals surface area (Å²) in [5.41, 5.74) is 1.13. The van der Waals surface area contributed by atoms with E-state index < -0.39 is 0 Å². The molecule has 2 aromatic rings. The standard InChI is InChI=1S/C10H7BrOS/c11-10-6-5-9(13-10)7-1-3-8(12)4-2-7/h1-6,12H. The maximum atomic E-state index is 9.10. The Hall–Kier alpha value is -0.800. The van der Waals surface area contributed by atoms with Crippen molar-refractivity contribution < 1.29 is 5.11 Å². The fourth-order valence-corrected chi connectivity index (χ4v) is 2.49. The summed E-state index contributed by atoms with van der Waals surface area (Å²) in [6, 6.07) is 11.3. The first-order valence-electron chi connectivity index (χ1n) is 3.80. The van der Waals surface area contributed by atoms with Crippen molar-refractivity contribution in [2.75, 3.05) is 0 Å². The van der Waals surface area contributed by atoms with Crippen LogP contribution < -0.4 is 0 Å². The zero-order valence-corrected chi connectivity index (χ0v) is 9.10. The Balaban J connectivity index is 2.41. The van der Waals surface area contributed by atoms with Gasteiger partial charge in [-0.15, -0.1) is 11.3 Å². The zero-order chi connectivity index (χ0) is 9.26. The monoisotopic (exact) mass is 254 g/mol. The minimum Gasteiger partial charge on any atom is -0.508 e. The predicted octanol–water partition coefficient (Wildman–Crippen LogP) is 3.88. The zero-order valence-electron chi connectivity index (χ0n) is 6.70. The van der Waals surface area contributed by atoms with Crippen LogP contribution in [0.1, 0.15) is 0 Å². The van der Waals surface area contributed by atoms with Crippen LogP contribution in [0.5, 0.6) is 5.75 Å². The molecule has 1 N–H and O–H groups in total. The van der Waals surface area contributed by atoms with Gasteiger partial charge in [0.2, 0.25) is 0 Å². The number of phenols is 1. The molecule has 0 radical (unpaired) electrons. The smallest absolute Gasteiger partial charge is 0.115 e. The van der Waals surface area contributed by atoms with Crippen molar-refractivity contribution in [1.29, 1.82) is 0 Å². The van der Waals surface area contributed by atoms with Gasteiger partial charge >= 0.3 is 0 Å². The van der Waals surface area contributed by atoms with Crippen LogP contribution in [0.15, 0.2) is 40.2 Å². The van der Waals surface area contributed by atoms with E-state index in [4.69, 9.17) is 5.11 Å². The Bertz CT molecular complexity index is 405. The van der Waals surface area contributed by atoms with Crippen molar-refractivity contribution in [3.8, 4) is 16.2 Å². The molecule has 0 bridgehead atoms. The summed E-state index contributed by atoms with van der Waals surface area (Å²) in [5.74, 6) is 0.305. The topological polar surface area (TPSA) is 20.2 Å². The Morgan fingerprint density at radius 3 is 2.23 bits per heavy atom. The molecule has 0 saturated heterocycles. The van der Waals surface area contributed by atoms with Gasteiger partial charge in [-0.25, -0.2) is 0 Å². The number of rotatable bonds is 1. The van der Waals surface area contributed by atoms with Gasteiger partial charge in [-0.3, -0.25) is 0 Å². The Kier molecular flexibility index (Phi) is 2.38. The van der Waals surface area contributed by atoms with Gasteiger partial charge in [0.25, 0.3) is 0 Å². The summed E-state index contributed by atoms with van der Waals surface area (Å²) in [6.07, 6.45) is 0. The van der Waals surface area contributed by atoms with E-state index in [-0.39, 0.29) is 0 Å².